The van der Waals surface area contributed by atoms with E-state index in [0.717, 1.165) is 5.56 Å². The Morgan fingerprint density at radius 3 is 2.68 bits per heavy atom. The molecule has 0 aliphatic carbocycles. The van der Waals surface area contributed by atoms with Crippen LogP contribution in [0.25, 0.3) is 0 Å². The first-order valence-corrected chi connectivity index (χ1v) is 7.60. The van der Waals surface area contributed by atoms with Crippen LogP contribution in [0.15, 0.2) is 36.5 Å². The molecule has 4 nitrogen and oxygen atoms in total. The Bertz CT molecular complexity index is 604. The molecule has 0 saturated carbocycles. The third kappa shape index (κ3) is 4.34. The van der Waals surface area contributed by atoms with Gasteiger partial charge in [0, 0.05) is 17.6 Å². The smallest absolute Gasteiger partial charge is 0.414 e. The molecule has 2 rings (SSSR count). The lowest BCUT2D eigenvalue weighted by molar-refractivity contribution is -0.116. The number of nitrogens with zero attached hydrogens (tertiary/aromatic N) is 1. The minimum Gasteiger partial charge on any atom is -0.443 e. The fourth-order valence-electron chi connectivity index (χ4n) is 2.30. The lowest BCUT2D eigenvalue weighted by Crippen LogP contribution is -2.44. The van der Waals surface area contributed by atoms with Crippen molar-refractivity contribution in [1.29, 1.82) is 0 Å². The first kappa shape index (κ1) is 16.6. The van der Waals surface area contributed by atoms with Crippen LogP contribution in [0.4, 0.5) is 4.79 Å². The lowest BCUT2D eigenvalue weighted by atomic mass is 9.98. The zero-order chi connectivity index (χ0) is 16.3. The summed E-state index contributed by atoms with van der Waals surface area (Å²) in [5, 5.41) is 0.633. The molecule has 0 aromatic heterocycles. The highest BCUT2D eigenvalue weighted by Crippen LogP contribution is 2.24. The van der Waals surface area contributed by atoms with Crippen molar-refractivity contribution in [2.45, 2.75) is 45.3 Å². The van der Waals surface area contributed by atoms with E-state index in [1.165, 1.54) is 17.2 Å². The second-order valence-corrected chi connectivity index (χ2v) is 6.73. The summed E-state index contributed by atoms with van der Waals surface area (Å²) in [4.78, 5) is 25.5. The van der Waals surface area contributed by atoms with Gasteiger partial charge in [0.15, 0.2) is 5.78 Å². The molecule has 118 valence electrons. The van der Waals surface area contributed by atoms with Crippen LogP contribution in [0.1, 0.15) is 32.8 Å². The van der Waals surface area contributed by atoms with E-state index in [4.69, 9.17) is 16.3 Å². The van der Waals surface area contributed by atoms with Gasteiger partial charge in [0.2, 0.25) is 0 Å². The summed E-state index contributed by atoms with van der Waals surface area (Å²) in [6.45, 7) is 5.44. The Balaban J connectivity index is 2.19. The molecule has 0 spiro atoms. The number of hydrogen-bond acceptors (Lipinski definition) is 3. The molecule has 1 heterocycles. The van der Waals surface area contributed by atoms with Crippen LogP contribution in [-0.4, -0.2) is 28.4 Å². The van der Waals surface area contributed by atoms with Gasteiger partial charge in [-0.15, -0.1) is 0 Å². The number of halogens is 1. The number of ketones is 1. The van der Waals surface area contributed by atoms with Crippen molar-refractivity contribution in [1.82, 2.24) is 4.90 Å². The summed E-state index contributed by atoms with van der Waals surface area (Å²) in [7, 11) is 0. The summed E-state index contributed by atoms with van der Waals surface area (Å²) in [5.41, 5.74) is 0.326. The molecular weight excluding hydrogens is 302 g/mol. The summed E-state index contributed by atoms with van der Waals surface area (Å²) >= 11 is 6.18. The summed E-state index contributed by atoms with van der Waals surface area (Å²) in [6, 6.07) is 7.16. The predicted octanol–water partition coefficient (Wildman–Crippen LogP) is 3.97. The molecule has 0 saturated heterocycles. The van der Waals surface area contributed by atoms with E-state index < -0.39 is 11.7 Å². The van der Waals surface area contributed by atoms with Gasteiger partial charge in [0.05, 0.1) is 6.04 Å². The second-order valence-electron chi connectivity index (χ2n) is 6.32. The number of amides is 1. The number of allylic oxidation sites excluding steroid dienone is 1. The Labute approximate surface area is 135 Å². The Hall–Kier alpha value is -1.81. The van der Waals surface area contributed by atoms with E-state index in [-0.39, 0.29) is 18.2 Å². The van der Waals surface area contributed by atoms with Gasteiger partial charge >= 0.3 is 6.09 Å². The van der Waals surface area contributed by atoms with Crippen LogP contribution in [0, 0.1) is 0 Å². The number of ether oxygens (including phenoxy) is 1. The quantitative estimate of drug-likeness (QED) is 0.828. The molecule has 1 aliphatic rings. The molecule has 1 amide bonds. The maximum atomic E-state index is 12.3. The molecule has 1 aliphatic heterocycles. The molecule has 5 heteroatoms. The van der Waals surface area contributed by atoms with Crippen molar-refractivity contribution >= 4 is 23.5 Å². The number of carbonyl (C=O) groups excluding carboxylic acids is 2. The first-order chi connectivity index (χ1) is 10.3. The van der Waals surface area contributed by atoms with E-state index in [1.54, 1.807) is 6.07 Å². The molecule has 1 atom stereocenters. The van der Waals surface area contributed by atoms with Crippen molar-refractivity contribution < 1.29 is 14.3 Å². The molecule has 1 aromatic rings. The minimum atomic E-state index is -0.582. The fourth-order valence-corrected chi connectivity index (χ4v) is 2.51. The molecule has 1 unspecified atom stereocenters. The minimum absolute atomic E-state index is 0.00291. The van der Waals surface area contributed by atoms with Crippen LogP contribution in [0.5, 0.6) is 0 Å². The van der Waals surface area contributed by atoms with Gasteiger partial charge in [-0.05, 0) is 44.9 Å². The van der Waals surface area contributed by atoms with Gasteiger partial charge in [0.25, 0.3) is 0 Å². The first-order valence-electron chi connectivity index (χ1n) is 7.22. The number of carbonyl (C=O) groups is 2. The Morgan fingerprint density at radius 1 is 1.36 bits per heavy atom. The monoisotopic (exact) mass is 321 g/mol. The van der Waals surface area contributed by atoms with Gasteiger partial charge in [-0.3, -0.25) is 9.69 Å². The molecule has 0 N–H and O–H groups in total. The van der Waals surface area contributed by atoms with Crippen molar-refractivity contribution in [3.05, 3.63) is 47.1 Å². The Kier molecular flexibility index (Phi) is 4.91. The number of benzene rings is 1. The fraction of sp³-hybridized carbons (Fsp3) is 0.412. The van der Waals surface area contributed by atoms with Crippen LogP contribution < -0.4 is 0 Å². The van der Waals surface area contributed by atoms with Crippen molar-refractivity contribution in [3.8, 4) is 0 Å². The normalized spacial score (nSPS) is 18.5. The zero-order valence-corrected chi connectivity index (χ0v) is 13.8. The van der Waals surface area contributed by atoms with Gasteiger partial charge < -0.3 is 4.74 Å². The summed E-state index contributed by atoms with van der Waals surface area (Å²) in [5.74, 6) is -0.00291. The topological polar surface area (TPSA) is 46.6 Å². The lowest BCUT2D eigenvalue weighted by Gasteiger charge is -2.33. The average Bonchev–Trinajstić information content (AvgIpc) is 2.39. The van der Waals surface area contributed by atoms with Crippen LogP contribution in [-0.2, 0) is 16.0 Å². The van der Waals surface area contributed by atoms with Crippen molar-refractivity contribution in [3.63, 3.8) is 0 Å². The number of rotatable bonds is 2. The highest BCUT2D eigenvalue weighted by atomic mass is 35.5. The summed E-state index contributed by atoms with van der Waals surface area (Å²) < 4.78 is 5.40. The van der Waals surface area contributed by atoms with Crippen LogP contribution in [0.3, 0.4) is 0 Å². The highest BCUT2D eigenvalue weighted by molar-refractivity contribution is 6.31. The molecule has 1 aromatic carbocycles. The van der Waals surface area contributed by atoms with Gasteiger partial charge in [-0.1, -0.05) is 29.8 Å². The average molecular weight is 322 g/mol. The predicted molar refractivity (Wildman–Crippen MR) is 85.8 cm³/mol. The van der Waals surface area contributed by atoms with E-state index in [1.807, 2.05) is 39.0 Å². The molecule has 0 fully saturated rings. The van der Waals surface area contributed by atoms with E-state index in [2.05, 4.69) is 0 Å². The third-order valence-corrected chi connectivity index (χ3v) is 3.64. The maximum Gasteiger partial charge on any atom is 0.414 e. The van der Waals surface area contributed by atoms with Crippen LogP contribution >= 0.6 is 11.6 Å². The molecule has 0 radical (unpaired) electrons. The zero-order valence-electron chi connectivity index (χ0n) is 13.0. The highest BCUT2D eigenvalue weighted by Gasteiger charge is 2.31. The maximum absolute atomic E-state index is 12.3. The summed E-state index contributed by atoms with van der Waals surface area (Å²) in [6.07, 6.45) is 3.23. The van der Waals surface area contributed by atoms with Crippen LogP contribution in [0.2, 0.25) is 5.02 Å². The van der Waals surface area contributed by atoms with Crippen molar-refractivity contribution in [2.24, 2.45) is 0 Å². The number of hydrogen-bond donors (Lipinski definition) is 0. The molecule has 0 bridgehead atoms. The third-order valence-electron chi connectivity index (χ3n) is 3.27. The van der Waals surface area contributed by atoms with Crippen molar-refractivity contribution in [2.75, 3.05) is 0 Å². The standard InChI is InChI=1S/C17H20ClNO3/c1-17(2,3)22-16(21)19-9-8-14(20)11-13(19)10-12-6-4-5-7-15(12)18/h4-9,13H,10-11H2,1-3H3. The molecule has 22 heavy (non-hydrogen) atoms. The van der Waals surface area contributed by atoms with Gasteiger partial charge in [-0.25, -0.2) is 4.79 Å². The SMILES string of the molecule is CC(C)(C)OC(=O)N1C=CC(=O)CC1Cc1ccccc1Cl. The van der Waals surface area contributed by atoms with Gasteiger partial charge in [0.1, 0.15) is 5.60 Å². The van der Waals surface area contributed by atoms with E-state index in [0.29, 0.717) is 11.4 Å². The largest absolute Gasteiger partial charge is 0.443 e. The molecular formula is C17H20ClNO3. The van der Waals surface area contributed by atoms with E-state index in [9.17, 15) is 9.59 Å². The van der Waals surface area contributed by atoms with E-state index >= 15 is 0 Å². The Morgan fingerprint density at radius 2 is 2.05 bits per heavy atom. The van der Waals surface area contributed by atoms with Gasteiger partial charge in [-0.2, -0.15) is 0 Å². The second kappa shape index (κ2) is 6.53.